The molecular formula is C26H26BrN3O2S. The van der Waals surface area contributed by atoms with Crippen LogP contribution in [0.2, 0.25) is 0 Å². The number of methoxy groups -OCH3 is 1. The van der Waals surface area contributed by atoms with E-state index >= 15 is 0 Å². The van der Waals surface area contributed by atoms with Crippen LogP contribution in [0.1, 0.15) is 25.3 Å². The van der Waals surface area contributed by atoms with Crippen LogP contribution in [0.5, 0.6) is 11.5 Å². The number of nitrogens with zero attached hydrogens (tertiary/aromatic N) is 3. The van der Waals surface area contributed by atoms with E-state index in [1.807, 2.05) is 48.5 Å². The predicted octanol–water partition coefficient (Wildman–Crippen LogP) is 7.18. The van der Waals surface area contributed by atoms with Gasteiger partial charge >= 0.3 is 0 Å². The lowest BCUT2D eigenvalue weighted by Crippen LogP contribution is -2.00. The Hall–Kier alpha value is -2.77. The van der Waals surface area contributed by atoms with Crippen LogP contribution in [0.15, 0.2) is 82.4 Å². The molecule has 3 aromatic carbocycles. The van der Waals surface area contributed by atoms with Gasteiger partial charge in [-0.1, -0.05) is 49.4 Å². The molecule has 0 spiro atoms. The highest BCUT2D eigenvalue weighted by Gasteiger charge is 2.16. The zero-order valence-corrected chi connectivity index (χ0v) is 21.1. The molecule has 1 aromatic heterocycles. The van der Waals surface area contributed by atoms with Gasteiger partial charge in [0.25, 0.3) is 0 Å². The van der Waals surface area contributed by atoms with Gasteiger partial charge < -0.3 is 9.47 Å². The average Bonchev–Trinajstić information content (AvgIpc) is 3.28. The fraction of sp³-hybridized carbons (Fsp3) is 0.231. The number of ether oxygens (including phenoxy) is 2. The largest absolute Gasteiger partial charge is 0.496 e. The van der Waals surface area contributed by atoms with Crippen molar-refractivity contribution in [3.63, 3.8) is 0 Å². The molecule has 0 bridgehead atoms. The minimum Gasteiger partial charge on any atom is -0.496 e. The lowest BCUT2D eigenvalue weighted by atomic mass is 10.2. The van der Waals surface area contributed by atoms with Crippen LogP contribution >= 0.6 is 27.7 Å². The minimum atomic E-state index is 0.734. The third-order valence-corrected chi connectivity index (χ3v) is 6.73. The summed E-state index contributed by atoms with van der Waals surface area (Å²) in [4.78, 5) is 0. The molecule has 0 aliphatic heterocycles. The molecule has 5 nitrogen and oxygen atoms in total. The van der Waals surface area contributed by atoms with E-state index in [1.54, 1.807) is 18.9 Å². The average molecular weight is 524 g/mol. The summed E-state index contributed by atoms with van der Waals surface area (Å²) in [5.74, 6) is 3.26. The fourth-order valence-electron chi connectivity index (χ4n) is 3.34. The number of unbranched alkanes of at least 4 members (excludes halogenated alkanes) is 1. The highest BCUT2D eigenvalue weighted by atomic mass is 79.9. The van der Waals surface area contributed by atoms with Crippen LogP contribution in [-0.4, -0.2) is 28.5 Å². The van der Waals surface area contributed by atoms with Crippen LogP contribution in [0.3, 0.4) is 0 Å². The SMILES string of the molecule is CCCCOc1ccc(-c2nnc(SCc3ccc(OC)c(Br)c3)n2-c2ccccc2)cc1. The van der Waals surface area contributed by atoms with Crippen molar-refractivity contribution >= 4 is 27.7 Å². The smallest absolute Gasteiger partial charge is 0.196 e. The van der Waals surface area contributed by atoms with Crippen LogP contribution < -0.4 is 9.47 Å². The van der Waals surface area contributed by atoms with Gasteiger partial charge in [-0.2, -0.15) is 0 Å². The predicted molar refractivity (Wildman–Crippen MR) is 137 cm³/mol. The van der Waals surface area contributed by atoms with E-state index in [0.29, 0.717) is 0 Å². The van der Waals surface area contributed by atoms with Gasteiger partial charge in [-0.15, -0.1) is 10.2 Å². The molecule has 7 heteroatoms. The van der Waals surface area contributed by atoms with E-state index in [-0.39, 0.29) is 0 Å². The Labute approximate surface area is 207 Å². The van der Waals surface area contributed by atoms with Crippen LogP contribution in [-0.2, 0) is 5.75 Å². The first-order chi connectivity index (χ1) is 16.2. The molecule has 4 rings (SSSR count). The number of benzene rings is 3. The van der Waals surface area contributed by atoms with Gasteiger partial charge in [0, 0.05) is 17.0 Å². The van der Waals surface area contributed by atoms with Gasteiger partial charge in [-0.25, -0.2) is 0 Å². The third-order valence-electron chi connectivity index (χ3n) is 5.11. The first-order valence-corrected chi connectivity index (χ1v) is 12.7. The quantitative estimate of drug-likeness (QED) is 0.163. The molecule has 33 heavy (non-hydrogen) atoms. The molecule has 0 unspecified atom stereocenters. The molecular weight excluding hydrogens is 498 g/mol. The van der Waals surface area contributed by atoms with E-state index in [4.69, 9.17) is 9.47 Å². The standard InChI is InChI=1S/C26H26BrN3O2S/c1-3-4-16-32-22-13-11-20(12-14-22)25-28-29-26(30(25)21-8-6-5-7-9-21)33-18-19-10-15-24(31-2)23(27)17-19/h5-15,17H,3-4,16,18H2,1-2H3. The summed E-state index contributed by atoms with van der Waals surface area (Å²) < 4.78 is 14.2. The molecule has 0 aliphatic rings. The summed E-state index contributed by atoms with van der Waals surface area (Å²) in [5, 5.41) is 9.92. The van der Waals surface area contributed by atoms with Gasteiger partial charge in [-0.3, -0.25) is 4.57 Å². The second-order valence-electron chi connectivity index (χ2n) is 7.46. The van der Waals surface area contributed by atoms with Crippen molar-refractivity contribution in [3.8, 4) is 28.6 Å². The Morgan fingerprint density at radius 1 is 0.970 bits per heavy atom. The Balaban J connectivity index is 1.60. The summed E-state index contributed by atoms with van der Waals surface area (Å²) in [7, 11) is 1.67. The monoisotopic (exact) mass is 523 g/mol. The first-order valence-electron chi connectivity index (χ1n) is 10.9. The molecule has 0 fully saturated rings. The summed E-state index contributed by atoms with van der Waals surface area (Å²) in [5.41, 5.74) is 3.19. The van der Waals surface area contributed by atoms with Gasteiger partial charge in [0.1, 0.15) is 11.5 Å². The first kappa shape index (κ1) is 23.4. The van der Waals surface area contributed by atoms with Crippen molar-refractivity contribution in [1.82, 2.24) is 14.8 Å². The van der Waals surface area contributed by atoms with E-state index in [9.17, 15) is 0 Å². The summed E-state index contributed by atoms with van der Waals surface area (Å²) in [6, 6.07) is 24.4. The molecule has 0 saturated heterocycles. The molecule has 0 aliphatic carbocycles. The second kappa shape index (κ2) is 11.4. The van der Waals surface area contributed by atoms with Gasteiger partial charge in [0.2, 0.25) is 0 Å². The second-order valence-corrected chi connectivity index (χ2v) is 9.26. The van der Waals surface area contributed by atoms with Crippen LogP contribution in [0.25, 0.3) is 17.1 Å². The topological polar surface area (TPSA) is 49.2 Å². The van der Waals surface area contributed by atoms with Crippen molar-refractivity contribution in [2.75, 3.05) is 13.7 Å². The Kier molecular flexibility index (Phi) is 8.07. The number of hydrogen-bond donors (Lipinski definition) is 0. The Morgan fingerprint density at radius 3 is 2.45 bits per heavy atom. The number of rotatable bonds is 10. The maximum absolute atomic E-state index is 5.81. The fourth-order valence-corrected chi connectivity index (χ4v) is 4.83. The lowest BCUT2D eigenvalue weighted by molar-refractivity contribution is 0.309. The van der Waals surface area contributed by atoms with Crippen molar-refractivity contribution in [3.05, 3.63) is 82.8 Å². The zero-order valence-electron chi connectivity index (χ0n) is 18.7. The number of hydrogen-bond acceptors (Lipinski definition) is 5. The summed E-state index contributed by atoms with van der Waals surface area (Å²) >= 11 is 5.22. The molecule has 0 amide bonds. The van der Waals surface area contributed by atoms with Gasteiger partial charge in [0.05, 0.1) is 18.2 Å². The molecule has 0 N–H and O–H groups in total. The van der Waals surface area contributed by atoms with Crippen molar-refractivity contribution in [2.45, 2.75) is 30.7 Å². The van der Waals surface area contributed by atoms with Gasteiger partial charge in [-0.05, 0) is 76.4 Å². The van der Waals surface area contributed by atoms with Crippen molar-refractivity contribution in [2.24, 2.45) is 0 Å². The Bertz CT molecular complexity index is 1180. The molecule has 0 saturated carbocycles. The number of para-hydroxylation sites is 1. The number of thioether (sulfide) groups is 1. The van der Waals surface area contributed by atoms with E-state index < -0.39 is 0 Å². The maximum atomic E-state index is 5.81. The van der Waals surface area contributed by atoms with E-state index in [2.05, 4.69) is 61.9 Å². The lowest BCUT2D eigenvalue weighted by Gasteiger charge is -2.11. The summed E-state index contributed by atoms with van der Waals surface area (Å²) in [6.07, 6.45) is 2.17. The molecule has 170 valence electrons. The van der Waals surface area contributed by atoms with Crippen LogP contribution in [0.4, 0.5) is 0 Å². The Morgan fingerprint density at radius 2 is 1.76 bits per heavy atom. The van der Waals surface area contributed by atoms with Crippen molar-refractivity contribution in [1.29, 1.82) is 0 Å². The third kappa shape index (κ3) is 5.78. The summed E-state index contributed by atoms with van der Waals surface area (Å²) in [6.45, 7) is 2.89. The molecule has 0 atom stereocenters. The van der Waals surface area contributed by atoms with E-state index in [1.165, 1.54) is 5.56 Å². The minimum absolute atomic E-state index is 0.734. The number of halogens is 1. The molecule has 4 aromatic rings. The van der Waals surface area contributed by atoms with E-state index in [0.717, 1.165) is 63.4 Å². The van der Waals surface area contributed by atoms with Crippen LogP contribution in [0, 0.1) is 0 Å². The maximum Gasteiger partial charge on any atom is 0.196 e. The molecule has 1 heterocycles. The van der Waals surface area contributed by atoms with Gasteiger partial charge in [0.15, 0.2) is 11.0 Å². The molecule has 0 radical (unpaired) electrons. The highest BCUT2D eigenvalue weighted by Crippen LogP contribution is 2.32. The highest BCUT2D eigenvalue weighted by molar-refractivity contribution is 9.10. The number of aromatic nitrogens is 3. The van der Waals surface area contributed by atoms with Crippen molar-refractivity contribution < 1.29 is 9.47 Å². The normalized spacial score (nSPS) is 10.9. The zero-order chi connectivity index (χ0) is 23.0.